The Kier molecular flexibility index (Phi) is 4.14. The molecule has 0 bridgehead atoms. The van der Waals surface area contributed by atoms with Crippen LogP contribution in [0, 0.1) is 6.92 Å². The largest absolute Gasteiger partial charge is 0.399 e. The van der Waals surface area contributed by atoms with Crippen LogP contribution < -0.4 is 15.8 Å². The molecule has 0 aromatic heterocycles. The Labute approximate surface area is 96.1 Å². The SMILES string of the molecule is CNS(=O)(=O)CCNc1ccc(N)c(C)c1. The number of hydrogen-bond acceptors (Lipinski definition) is 4. The lowest BCUT2D eigenvalue weighted by molar-refractivity contribution is 0.588. The third kappa shape index (κ3) is 3.71. The fraction of sp³-hybridized carbons (Fsp3) is 0.400. The molecular formula is C10H17N3O2S. The Balaban J connectivity index is 2.53. The van der Waals surface area contributed by atoms with Crippen LogP contribution in [0.4, 0.5) is 11.4 Å². The van der Waals surface area contributed by atoms with Gasteiger partial charge in [0.2, 0.25) is 10.0 Å². The molecule has 0 heterocycles. The summed E-state index contributed by atoms with van der Waals surface area (Å²) in [5, 5.41) is 3.03. The van der Waals surface area contributed by atoms with Crippen molar-refractivity contribution in [2.75, 3.05) is 30.4 Å². The van der Waals surface area contributed by atoms with Crippen LogP contribution in [0.15, 0.2) is 18.2 Å². The topological polar surface area (TPSA) is 84.2 Å². The fourth-order valence-electron chi connectivity index (χ4n) is 1.22. The third-order valence-corrected chi connectivity index (χ3v) is 3.64. The van der Waals surface area contributed by atoms with Gasteiger partial charge in [0.1, 0.15) is 0 Å². The van der Waals surface area contributed by atoms with Gasteiger partial charge < -0.3 is 11.1 Å². The van der Waals surface area contributed by atoms with Crippen LogP contribution in [0.25, 0.3) is 0 Å². The molecule has 0 unspecified atom stereocenters. The molecule has 0 saturated carbocycles. The number of benzene rings is 1. The number of nitrogens with two attached hydrogens (primary N) is 1. The summed E-state index contributed by atoms with van der Waals surface area (Å²) in [4.78, 5) is 0. The molecule has 0 atom stereocenters. The summed E-state index contributed by atoms with van der Waals surface area (Å²) in [6.07, 6.45) is 0. The van der Waals surface area contributed by atoms with E-state index >= 15 is 0 Å². The van der Waals surface area contributed by atoms with Gasteiger partial charge in [0.15, 0.2) is 0 Å². The summed E-state index contributed by atoms with van der Waals surface area (Å²) in [7, 11) is -1.74. The molecule has 1 aromatic rings. The van der Waals surface area contributed by atoms with Crippen LogP contribution >= 0.6 is 0 Å². The van der Waals surface area contributed by atoms with Crippen molar-refractivity contribution >= 4 is 21.4 Å². The second-order valence-electron chi connectivity index (χ2n) is 3.52. The average molecular weight is 243 g/mol. The molecule has 16 heavy (non-hydrogen) atoms. The van der Waals surface area contributed by atoms with E-state index in [1.165, 1.54) is 7.05 Å². The van der Waals surface area contributed by atoms with Crippen molar-refractivity contribution in [3.05, 3.63) is 23.8 Å². The van der Waals surface area contributed by atoms with E-state index in [0.29, 0.717) is 6.54 Å². The molecule has 6 heteroatoms. The molecule has 0 aliphatic heterocycles. The summed E-state index contributed by atoms with van der Waals surface area (Å²) < 4.78 is 24.5. The number of anilines is 2. The van der Waals surface area contributed by atoms with Crippen molar-refractivity contribution in [1.82, 2.24) is 4.72 Å². The molecule has 0 spiro atoms. The summed E-state index contributed by atoms with van der Waals surface area (Å²) >= 11 is 0. The van der Waals surface area contributed by atoms with E-state index in [1.54, 1.807) is 6.07 Å². The normalized spacial score (nSPS) is 11.4. The maximum atomic E-state index is 11.1. The van der Waals surface area contributed by atoms with Crippen molar-refractivity contribution in [3.8, 4) is 0 Å². The molecule has 0 aliphatic rings. The van der Waals surface area contributed by atoms with Crippen LogP contribution in [0.3, 0.4) is 0 Å². The van der Waals surface area contributed by atoms with Crippen LogP contribution in [0.1, 0.15) is 5.56 Å². The highest BCUT2D eigenvalue weighted by Crippen LogP contribution is 2.16. The zero-order valence-corrected chi connectivity index (χ0v) is 10.3. The molecule has 0 aliphatic carbocycles. The lowest BCUT2D eigenvalue weighted by Crippen LogP contribution is -2.26. The summed E-state index contributed by atoms with van der Waals surface area (Å²) in [5.41, 5.74) is 8.25. The first kappa shape index (κ1) is 12.8. The molecule has 1 rings (SSSR count). The van der Waals surface area contributed by atoms with Gasteiger partial charge in [-0.05, 0) is 37.7 Å². The highest BCUT2D eigenvalue weighted by Gasteiger charge is 2.05. The average Bonchev–Trinajstić information content (AvgIpc) is 2.23. The number of hydrogen-bond donors (Lipinski definition) is 3. The lowest BCUT2D eigenvalue weighted by Gasteiger charge is -2.08. The number of nitrogens with one attached hydrogen (secondary N) is 2. The Morgan fingerprint density at radius 1 is 1.38 bits per heavy atom. The quantitative estimate of drug-likeness (QED) is 0.659. The maximum Gasteiger partial charge on any atom is 0.213 e. The standard InChI is InChI=1S/C10H17N3O2S/c1-8-7-9(3-4-10(8)11)13-5-6-16(14,15)12-2/h3-4,7,12-13H,5-6,11H2,1-2H3. The van der Waals surface area contributed by atoms with Crippen LogP contribution in [0.5, 0.6) is 0 Å². The van der Waals surface area contributed by atoms with E-state index in [-0.39, 0.29) is 5.75 Å². The minimum atomic E-state index is -3.15. The van der Waals surface area contributed by atoms with Gasteiger partial charge in [-0.2, -0.15) is 0 Å². The Morgan fingerprint density at radius 3 is 2.62 bits per heavy atom. The summed E-state index contributed by atoms with van der Waals surface area (Å²) in [6.45, 7) is 2.28. The van der Waals surface area contributed by atoms with Gasteiger partial charge in [-0.15, -0.1) is 0 Å². The molecule has 4 N–H and O–H groups in total. The number of nitrogen functional groups attached to an aromatic ring is 1. The van der Waals surface area contributed by atoms with Gasteiger partial charge in [-0.1, -0.05) is 0 Å². The second-order valence-corrected chi connectivity index (χ2v) is 5.57. The molecule has 0 amide bonds. The summed E-state index contributed by atoms with van der Waals surface area (Å²) in [6, 6.07) is 5.51. The highest BCUT2D eigenvalue weighted by molar-refractivity contribution is 7.89. The first-order valence-electron chi connectivity index (χ1n) is 4.96. The minimum Gasteiger partial charge on any atom is -0.399 e. The molecular weight excluding hydrogens is 226 g/mol. The van der Waals surface area contributed by atoms with Crippen molar-refractivity contribution in [2.45, 2.75) is 6.92 Å². The molecule has 0 saturated heterocycles. The van der Waals surface area contributed by atoms with Gasteiger partial charge in [-0.3, -0.25) is 0 Å². The zero-order chi connectivity index (χ0) is 12.2. The summed E-state index contributed by atoms with van der Waals surface area (Å²) in [5.74, 6) is 0.0485. The molecule has 90 valence electrons. The third-order valence-electron chi connectivity index (χ3n) is 2.28. The van der Waals surface area contributed by atoms with Crippen LogP contribution in [-0.2, 0) is 10.0 Å². The van der Waals surface area contributed by atoms with Gasteiger partial charge >= 0.3 is 0 Å². The van der Waals surface area contributed by atoms with E-state index in [2.05, 4.69) is 10.0 Å². The Morgan fingerprint density at radius 2 is 2.06 bits per heavy atom. The molecule has 0 fully saturated rings. The Hall–Kier alpha value is -1.27. The number of sulfonamides is 1. The predicted molar refractivity (Wildman–Crippen MR) is 66.9 cm³/mol. The van der Waals surface area contributed by atoms with Gasteiger partial charge in [0.25, 0.3) is 0 Å². The van der Waals surface area contributed by atoms with Gasteiger partial charge in [-0.25, -0.2) is 13.1 Å². The van der Waals surface area contributed by atoms with Crippen molar-refractivity contribution in [3.63, 3.8) is 0 Å². The van der Waals surface area contributed by atoms with Crippen molar-refractivity contribution in [2.24, 2.45) is 0 Å². The van der Waals surface area contributed by atoms with Crippen LogP contribution in [0.2, 0.25) is 0 Å². The van der Waals surface area contributed by atoms with E-state index in [1.807, 2.05) is 19.1 Å². The van der Waals surface area contributed by atoms with E-state index in [9.17, 15) is 8.42 Å². The zero-order valence-electron chi connectivity index (χ0n) is 9.45. The van der Waals surface area contributed by atoms with Crippen LogP contribution in [-0.4, -0.2) is 27.8 Å². The second kappa shape index (κ2) is 5.18. The molecule has 5 nitrogen and oxygen atoms in total. The molecule has 0 radical (unpaired) electrons. The Bertz CT molecular complexity index is 457. The first-order valence-corrected chi connectivity index (χ1v) is 6.61. The monoisotopic (exact) mass is 243 g/mol. The number of rotatable bonds is 5. The highest BCUT2D eigenvalue weighted by atomic mass is 32.2. The van der Waals surface area contributed by atoms with Gasteiger partial charge in [0, 0.05) is 17.9 Å². The van der Waals surface area contributed by atoms with E-state index in [4.69, 9.17) is 5.73 Å². The van der Waals surface area contributed by atoms with E-state index in [0.717, 1.165) is 16.9 Å². The van der Waals surface area contributed by atoms with E-state index < -0.39 is 10.0 Å². The van der Waals surface area contributed by atoms with Crippen molar-refractivity contribution in [1.29, 1.82) is 0 Å². The smallest absolute Gasteiger partial charge is 0.213 e. The van der Waals surface area contributed by atoms with Crippen molar-refractivity contribution < 1.29 is 8.42 Å². The predicted octanol–water partition coefficient (Wildman–Crippen LogP) is 0.538. The molecule has 1 aromatic carbocycles. The maximum absolute atomic E-state index is 11.1. The lowest BCUT2D eigenvalue weighted by atomic mass is 10.2. The fourth-order valence-corrected chi connectivity index (χ4v) is 1.79. The minimum absolute atomic E-state index is 0.0485. The van der Waals surface area contributed by atoms with Gasteiger partial charge in [0.05, 0.1) is 5.75 Å². The number of aryl methyl sites for hydroxylation is 1. The first-order chi connectivity index (χ1) is 7.44.